The van der Waals surface area contributed by atoms with Gasteiger partial charge in [0, 0.05) is 30.2 Å². The zero-order valence-corrected chi connectivity index (χ0v) is 18.4. The molecule has 2 aliphatic carbocycles. The van der Waals surface area contributed by atoms with Crippen LogP contribution >= 0.6 is 0 Å². The quantitative estimate of drug-likeness (QED) is 0.713. The van der Waals surface area contributed by atoms with Gasteiger partial charge in [-0.2, -0.15) is 0 Å². The molecule has 1 aromatic rings. The lowest BCUT2D eigenvalue weighted by molar-refractivity contribution is 0.478. The third kappa shape index (κ3) is 2.71. The normalized spacial score (nSPS) is 33.0. The van der Waals surface area contributed by atoms with Gasteiger partial charge in [-0.1, -0.05) is 55.1 Å². The predicted molar refractivity (Wildman–Crippen MR) is 115 cm³/mol. The van der Waals surface area contributed by atoms with Crippen molar-refractivity contribution in [1.82, 2.24) is 4.98 Å². The fourth-order valence-corrected chi connectivity index (χ4v) is 11.0. The number of hydrogen-bond donors (Lipinski definition) is 1. The van der Waals surface area contributed by atoms with Gasteiger partial charge < -0.3 is 9.88 Å². The van der Waals surface area contributed by atoms with Crippen LogP contribution in [0.1, 0.15) is 39.2 Å². The SMILES string of the molecule is CC1=C[C@@H]2C(C=C1)C1c3ccccc3N(C)[C@@H]1C2[Si](C)(C)NC(C)(C)C. The summed E-state index contributed by atoms with van der Waals surface area (Å²) in [4.78, 5) is 6.71. The van der Waals surface area contributed by atoms with E-state index in [1.165, 1.54) is 11.3 Å². The van der Waals surface area contributed by atoms with E-state index in [9.17, 15) is 0 Å². The van der Waals surface area contributed by atoms with Crippen molar-refractivity contribution in [2.75, 3.05) is 11.9 Å². The summed E-state index contributed by atoms with van der Waals surface area (Å²) in [7, 11) is 0.649. The van der Waals surface area contributed by atoms with Crippen LogP contribution < -0.4 is 9.88 Å². The molecule has 0 aromatic heterocycles. The number of allylic oxidation sites excluding steroid dienone is 4. The number of benzene rings is 1. The van der Waals surface area contributed by atoms with Gasteiger partial charge in [-0.25, -0.2) is 0 Å². The Morgan fingerprint density at radius 2 is 1.77 bits per heavy atom. The predicted octanol–water partition coefficient (Wildman–Crippen LogP) is 5.31. The standard InChI is InChI=1S/C23H34N2Si/c1-15-12-13-16-18(14-15)22(26(6,7)24-23(2,3)4)21-20(16)17-10-8-9-11-19(17)25(21)5/h8-14,16,18,20-22,24H,1-7H3/t16?,18-,20?,21+,22?/m1/s1. The summed E-state index contributed by atoms with van der Waals surface area (Å²) in [6, 6.07) is 9.71. The molecule has 0 radical (unpaired) electrons. The molecule has 3 aliphatic rings. The molecule has 0 bridgehead atoms. The Labute approximate surface area is 160 Å². The Morgan fingerprint density at radius 3 is 2.46 bits per heavy atom. The van der Waals surface area contributed by atoms with Crippen molar-refractivity contribution in [3.05, 3.63) is 53.6 Å². The van der Waals surface area contributed by atoms with Gasteiger partial charge in [0.25, 0.3) is 0 Å². The van der Waals surface area contributed by atoms with Gasteiger partial charge in [0.1, 0.15) is 8.24 Å². The Bertz CT molecular complexity index is 771. The molecule has 0 amide bonds. The summed E-state index contributed by atoms with van der Waals surface area (Å²) in [5, 5.41) is 0. The van der Waals surface area contributed by atoms with E-state index >= 15 is 0 Å². The third-order valence-electron chi connectivity index (χ3n) is 6.70. The smallest absolute Gasteiger partial charge is 0.125 e. The van der Waals surface area contributed by atoms with Crippen molar-refractivity contribution in [3.63, 3.8) is 0 Å². The minimum atomic E-state index is -1.68. The summed E-state index contributed by atoms with van der Waals surface area (Å²) in [6.45, 7) is 14.3. The average molecular weight is 367 g/mol. The molecule has 4 rings (SSSR count). The fraction of sp³-hybridized carbons (Fsp3) is 0.565. The molecule has 1 heterocycles. The molecule has 26 heavy (non-hydrogen) atoms. The lowest BCUT2D eigenvalue weighted by Crippen LogP contribution is -2.60. The van der Waals surface area contributed by atoms with Gasteiger partial charge >= 0.3 is 0 Å². The van der Waals surface area contributed by atoms with Gasteiger partial charge in [0.05, 0.1) is 0 Å². The maximum absolute atomic E-state index is 4.10. The molecular formula is C23H34N2Si. The van der Waals surface area contributed by atoms with Crippen LogP contribution in [0.25, 0.3) is 0 Å². The first kappa shape index (κ1) is 18.1. The summed E-state index contributed by atoms with van der Waals surface area (Å²) < 4.78 is 0. The number of nitrogens with one attached hydrogen (secondary N) is 1. The molecule has 1 saturated carbocycles. The second-order valence-electron chi connectivity index (χ2n) is 10.2. The molecule has 0 spiro atoms. The van der Waals surface area contributed by atoms with E-state index in [-0.39, 0.29) is 5.54 Å². The van der Waals surface area contributed by atoms with E-state index in [0.29, 0.717) is 29.3 Å². The maximum Gasteiger partial charge on any atom is 0.125 e. The zero-order valence-electron chi connectivity index (χ0n) is 17.4. The van der Waals surface area contributed by atoms with E-state index in [4.69, 9.17) is 0 Å². The minimum absolute atomic E-state index is 0.163. The highest BCUT2D eigenvalue weighted by Gasteiger charge is 2.60. The van der Waals surface area contributed by atoms with Crippen molar-refractivity contribution in [3.8, 4) is 0 Å². The Kier molecular flexibility index (Phi) is 4.05. The highest BCUT2D eigenvalue weighted by molar-refractivity contribution is 6.77. The van der Waals surface area contributed by atoms with E-state index in [0.717, 1.165) is 0 Å². The number of nitrogens with zero attached hydrogens (tertiary/aromatic N) is 1. The van der Waals surface area contributed by atoms with Crippen LogP contribution in [0, 0.1) is 11.8 Å². The molecule has 3 unspecified atom stereocenters. The van der Waals surface area contributed by atoms with Crippen LogP contribution in [0.5, 0.6) is 0 Å². The molecule has 5 atom stereocenters. The lowest BCUT2D eigenvalue weighted by atomic mass is 9.81. The van der Waals surface area contributed by atoms with Crippen LogP contribution in [0.15, 0.2) is 48.1 Å². The van der Waals surface area contributed by atoms with Gasteiger partial charge in [0.2, 0.25) is 0 Å². The number of likely N-dealkylation sites (N-methyl/N-ethyl adjacent to an activating group) is 1. The Balaban J connectivity index is 1.83. The van der Waals surface area contributed by atoms with E-state index in [2.05, 4.69) is 100 Å². The third-order valence-corrected chi connectivity index (χ3v) is 10.5. The number of rotatable bonds is 2. The van der Waals surface area contributed by atoms with Crippen molar-refractivity contribution >= 4 is 13.9 Å². The summed E-state index contributed by atoms with van der Waals surface area (Å²) in [6.07, 6.45) is 7.46. The summed E-state index contributed by atoms with van der Waals surface area (Å²) in [5.74, 6) is 1.91. The molecule has 0 saturated heterocycles. The van der Waals surface area contributed by atoms with Crippen molar-refractivity contribution < 1.29 is 0 Å². The first-order valence-corrected chi connectivity index (χ1v) is 13.2. The largest absolute Gasteiger partial charge is 0.371 e. The zero-order chi connectivity index (χ0) is 18.9. The summed E-state index contributed by atoms with van der Waals surface area (Å²) >= 11 is 0. The fourth-order valence-electron chi connectivity index (χ4n) is 6.32. The molecule has 1 N–H and O–H groups in total. The van der Waals surface area contributed by atoms with Crippen molar-refractivity contribution in [2.45, 2.75) is 63.8 Å². The highest BCUT2D eigenvalue weighted by Crippen LogP contribution is 2.62. The molecule has 1 aromatic carbocycles. The van der Waals surface area contributed by atoms with Crippen molar-refractivity contribution in [1.29, 1.82) is 0 Å². The first-order chi connectivity index (χ1) is 12.1. The second kappa shape index (κ2) is 5.84. The molecule has 1 aliphatic heterocycles. The van der Waals surface area contributed by atoms with E-state index in [1.54, 1.807) is 5.56 Å². The van der Waals surface area contributed by atoms with Crippen LogP contribution in [-0.4, -0.2) is 26.9 Å². The Hall–Kier alpha value is -1.32. The molecule has 2 nitrogen and oxygen atoms in total. The number of hydrogen-bond acceptors (Lipinski definition) is 2. The highest BCUT2D eigenvalue weighted by atomic mass is 28.3. The molecule has 1 fully saturated rings. The average Bonchev–Trinajstić information content (AvgIpc) is 2.99. The lowest BCUT2D eigenvalue weighted by Gasteiger charge is -2.44. The number of para-hydroxylation sites is 1. The van der Waals surface area contributed by atoms with Crippen LogP contribution in [-0.2, 0) is 0 Å². The van der Waals surface area contributed by atoms with E-state index in [1.807, 2.05) is 0 Å². The van der Waals surface area contributed by atoms with Gasteiger partial charge in [0.15, 0.2) is 0 Å². The first-order valence-electron chi connectivity index (χ1n) is 10.1. The minimum Gasteiger partial charge on any atom is -0.371 e. The molecule has 3 heteroatoms. The van der Waals surface area contributed by atoms with Gasteiger partial charge in [-0.15, -0.1) is 0 Å². The maximum atomic E-state index is 4.10. The monoisotopic (exact) mass is 366 g/mol. The topological polar surface area (TPSA) is 15.3 Å². The van der Waals surface area contributed by atoms with Gasteiger partial charge in [-0.3, -0.25) is 0 Å². The van der Waals surface area contributed by atoms with Crippen LogP contribution in [0.3, 0.4) is 0 Å². The Morgan fingerprint density at radius 1 is 1.08 bits per heavy atom. The number of fused-ring (bicyclic) bond motifs is 5. The van der Waals surface area contributed by atoms with E-state index < -0.39 is 8.24 Å². The van der Waals surface area contributed by atoms with Crippen LogP contribution in [0.4, 0.5) is 5.69 Å². The molecule has 140 valence electrons. The summed E-state index contributed by atoms with van der Waals surface area (Å²) in [5.41, 5.74) is 5.32. The second-order valence-corrected chi connectivity index (χ2v) is 14.6. The van der Waals surface area contributed by atoms with Crippen LogP contribution in [0.2, 0.25) is 18.6 Å². The van der Waals surface area contributed by atoms with Gasteiger partial charge in [-0.05, 0) is 56.7 Å². The van der Waals surface area contributed by atoms with Crippen molar-refractivity contribution in [2.24, 2.45) is 11.8 Å². The number of anilines is 1. The molecular weight excluding hydrogens is 332 g/mol.